The molecule has 1 aromatic carbocycles. The lowest BCUT2D eigenvalue weighted by atomic mass is 9.93. The molecule has 0 saturated carbocycles. The fourth-order valence-electron chi connectivity index (χ4n) is 3.33. The largest absolute Gasteiger partial charge is 0.497 e. The lowest BCUT2D eigenvalue weighted by molar-refractivity contribution is -0.131. The molecule has 8 heteroatoms. The molecular weight excluding hydrogens is 374 g/mol. The summed E-state index contributed by atoms with van der Waals surface area (Å²) in [5.74, 6) is 1.47. The van der Waals surface area contributed by atoms with Crippen molar-refractivity contribution < 1.29 is 23.3 Å². The molecule has 2 aromatic heterocycles. The number of furan rings is 1. The van der Waals surface area contributed by atoms with E-state index in [1.54, 1.807) is 32.2 Å². The molecule has 1 aliphatic rings. The van der Waals surface area contributed by atoms with Crippen molar-refractivity contribution in [3.8, 4) is 17.3 Å². The zero-order valence-electron chi connectivity index (χ0n) is 16.2. The number of urea groups is 1. The zero-order valence-corrected chi connectivity index (χ0v) is 16.2. The normalized spacial score (nSPS) is 18.9. The van der Waals surface area contributed by atoms with E-state index < -0.39 is 11.6 Å². The quantitative estimate of drug-likeness (QED) is 0.616. The maximum absolute atomic E-state index is 12.9. The van der Waals surface area contributed by atoms with Gasteiger partial charge < -0.3 is 19.0 Å². The van der Waals surface area contributed by atoms with Gasteiger partial charge in [0.1, 0.15) is 17.0 Å². The van der Waals surface area contributed by atoms with E-state index in [2.05, 4.69) is 10.5 Å². The maximum Gasteiger partial charge on any atom is 0.325 e. The molecule has 1 fully saturated rings. The summed E-state index contributed by atoms with van der Waals surface area (Å²) in [7, 11) is 1.61. The van der Waals surface area contributed by atoms with Crippen molar-refractivity contribution in [2.24, 2.45) is 0 Å². The highest BCUT2D eigenvalue weighted by Crippen LogP contribution is 2.27. The first-order valence-electron chi connectivity index (χ1n) is 9.25. The number of hydrogen-bond donors (Lipinski definition) is 1. The highest BCUT2D eigenvalue weighted by molar-refractivity contribution is 6.06. The number of aromatic nitrogens is 1. The first-order valence-corrected chi connectivity index (χ1v) is 9.25. The van der Waals surface area contributed by atoms with Crippen LogP contribution in [-0.4, -0.2) is 34.6 Å². The molecule has 1 saturated heterocycles. The second-order valence-electron chi connectivity index (χ2n) is 7.16. The van der Waals surface area contributed by atoms with Crippen LogP contribution in [0.3, 0.4) is 0 Å². The van der Waals surface area contributed by atoms with Crippen LogP contribution in [0.4, 0.5) is 4.79 Å². The first-order chi connectivity index (χ1) is 14.0. The summed E-state index contributed by atoms with van der Waals surface area (Å²) in [6.45, 7) is 1.78. The summed E-state index contributed by atoms with van der Waals surface area (Å²) in [4.78, 5) is 26.5. The predicted molar refractivity (Wildman–Crippen MR) is 103 cm³/mol. The number of nitrogens with one attached hydrogen (secondary N) is 1. The molecule has 1 atom stereocenters. The van der Waals surface area contributed by atoms with Gasteiger partial charge in [-0.15, -0.1) is 0 Å². The predicted octanol–water partition coefficient (Wildman–Crippen LogP) is 3.39. The molecule has 1 N–H and O–H groups in total. The molecule has 1 aliphatic heterocycles. The van der Waals surface area contributed by atoms with E-state index in [4.69, 9.17) is 13.7 Å². The van der Waals surface area contributed by atoms with E-state index in [0.29, 0.717) is 30.1 Å². The van der Waals surface area contributed by atoms with Crippen LogP contribution in [0.1, 0.15) is 24.6 Å². The van der Waals surface area contributed by atoms with E-state index in [9.17, 15) is 9.59 Å². The highest BCUT2D eigenvalue weighted by atomic mass is 16.5. The standard InChI is InChI=1S/C21H21N3O5/c1-21(10-9-14-5-7-16(27-2)8-6-14)19(25)24(20(26)22-21)13-15-12-18(29-23-15)17-4-3-11-28-17/h3-8,11-12H,9-10,13H2,1-2H3,(H,22,26)/t21-/m1/s1. The maximum atomic E-state index is 12.9. The van der Waals surface area contributed by atoms with Gasteiger partial charge in [-0.1, -0.05) is 17.3 Å². The number of rotatable bonds is 7. The molecule has 3 amide bonds. The van der Waals surface area contributed by atoms with Crippen molar-refractivity contribution in [1.29, 1.82) is 0 Å². The number of imide groups is 1. The Kier molecular flexibility index (Phi) is 4.84. The smallest absolute Gasteiger partial charge is 0.325 e. The summed E-state index contributed by atoms with van der Waals surface area (Å²) >= 11 is 0. The number of carbonyl (C=O) groups excluding carboxylic acids is 2. The van der Waals surface area contributed by atoms with E-state index in [1.165, 1.54) is 6.26 Å². The molecule has 0 unspecified atom stereocenters. The SMILES string of the molecule is COc1ccc(CC[C@@]2(C)NC(=O)N(Cc3cc(-c4ccco4)on3)C2=O)cc1. The molecule has 3 aromatic rings. The molecule has 8 nitrogen and oxygen atoms in total. The lowest BCUT2D eigenvalue weighted by Gasteiger charge is -2.21. The fraction of sp³-hybridized carbons (Fsp3) is 0.286. The van der Waals surface area contributed by atoms with Gasteiger partial charge in [0.15, 0.2) is 5.76 Å². The minimum absolute atomic E-state index is 0.0347. The van der Waals surface area contributed by atoms with Crippen molar-refractivity contribution in [1.82, 2.24) is 15.4 Å². The number of methoxy groups -OCH3 is 1. The van der Waals surface area contributed by atoms with Crippen LogP contribution < -0.4 is 10.1 Å². The molecule has 0 aliphatic carbocycles. The summed E-state index contributed by atoms with van der Waals surface area (Å²) in [5.41, 5.74) is 0.566. The number of carbonyl (C=O) groups is 2. The van der Waals surface area contributed by atoms with Crippen LogP contribution in [0.15, 0.2) is 57.7 Å². The van der Waals surface area contributed by atoms with E-state index >= 15 is 0 Å². The summed E-state index contributed by atoms with van der Waals surface area (Å²) < 4.78 is 15.7. The summed E-state index contributed by atoms with van der Waals surface area (Å²) in [6.07, 6.45) is 2.66. The molecule has 0 bridgehead atoms. The minimum Gasteiger partial charge on any atom is -0.497 e. The average molecular weight is 395 g/mol. The first kappa shape index (κ1) is 18.8. The number of nitrogens with zero attached hydrogens (tertiary/aromatic N) is 2. The van der Waals surface area contributed by atoms with Crippen LogP contribution >= 0.6 is 0 Å². The molecule has 0 spiro atoms. The van der Waals surface area contributed by atoms with Crippen LogP contribution in [0.2, 0.25) is 0 Å². The van der Waals surface area contributed by atoms with Gasteiger partial charge in [-0.25, -0.2) is 4.79 Å². The Bertz CT molecular complexity index is 1010. The topological polar surface area (TPSA) is 97.8 Å². The monoisotopic (exact) mass is 395 g/mol. The Morgan fingerprint density at radius 3 is 2.66 bits per heavy atom. The third-order valence-corrected chi connectivity index (χ3v) is 5.06. The fourth-order valence-corrected chi connectivity index (χ4v) is 3.33. The summed E-state index contributed by atoms with van der Waals surface area (Å²) in [5, 5.41) is 6.75. The second-order valence-corrected chi connectivity index (χ2v) is 7.16. The van der Waals surface area contributed by atoms with Gasteiger partial charge >= 0.3 is 6.03 Å². The molecule has 3 heterocycles. The van der Waals surface area contributed by atoms with Crippen molar-refractivity contribution in [3.63, 3.8) is 0 Å². The number of hydrogen-bond acceptors (Lipinski definition) is 6. The Hall–Kier alpha value is -3.55. The van der Waals surface area contributed by atoms with Crippen molar-refractivity contribution in [2.75, 3.05) is 7.11 Å². The van der Waals surface area contributed by atoms with Gasteiger partial charge in [0.2, 0.25) is 5.76 Å². The van der Waals surface area contributed by atoms with Crippen molar-refractivity contribution in [2.45, 2.75) is 31.8 Å². The van der Waals surface area contributed by atoms with E-state index in [0.717, 1.165) is 16.2 Å². The van der Waals surface area contributed by atoms with Crippen LogP contribution in [0, 0.1) is 0 Å². The number of ether oxygens (including phenoxy) is 1. The molecule has 0 radical (unpaired) electrons. The van der Waals surface area contributed by atoms with Crippen molar-refractivity contribution in [3.05, 3.63) is 60.0 Å². The molecule has 29 heavy (non-hydrogen) atoms. The average Bonchev–Trinajstić information content (AvgIpc) is 3.45. The van der Waals surface area contributed by atoms with Gasteiger partial charge in [-0.3, -0.25) is 9.69 Å². The Labute approximate surface area is 167 Å². The Balaban J connectivity index is 1.42. The minimum atomic E-state index is -0.968. The van der Waals surface area contributed by atoms with Gasteiger partial charge in [-0.2, -0.15) is 0 Å². The lowest BCUT2D eigenvalue weighted by Crippen LogP contribution is -2.44. The summed E-state index contributed by atoms with van der Waals surface area (Å²) in [6, 6.07) is 12.4. The number of aryl methyl sites for hydroxylation is 1. The molecule has 4 rings (SSSR count). The Morgan fingerprint density at radius 2 is 1.97 bits per heavy atom. The second kappa shape index (κ2) is 7.46. The highest BCUT2D eigenvalue weighted by Gasteiger charge is 2.47. The third kappa shape index (κ3) is 3.73. The van der Waals surface area contributed by atoms with Crippen LogP contribution in [0.25, 0.3) is 11.5 Å². The molecule has 150 valence electrons. The van der Waals surface area contributed by atoms with Crippen LogP contribution in [0.5, 0.6) is 5.75 Å². The third-order valence-electron chi connectivity index (χ3n) is 5.06. The van der Waals surface area contributed by atoms with Gasteiger partial charge in [0, 0.05) is 6.07 Å². The zero-order chi connectivity index (χ0) is 20.4. The van der Waals surface area contributed by atoms with E-state index in [-0.39, 0.29) is 12.5 Å². The van der Waals surface area contributed by atoms with Gasteiger partial charge in [0.05, 0.1) is 19.9 Å². The number of amides is 3. The van der Waals surface area contributed by atoms with Crippen molar-refractivity contribution >= 4 is 11.9 Å². The Morgan fingerprint density at radius 1 is 1.17 bits per heavy atom. The number of benzene rings is 1. The van der Waals surface area contributed by atoms with E-state index in [1.807, 2.05) is 24.3 Å². The molecular formula is C21H21N3O5. The van der Waals surface area contributed by atoms with Gasteiger partial charge in [0.25, 0.3) is 5.91 Å². The van der Waals surface area contributed by atoms with Crippen LogP contribution in [-0.2, 0) is 17.8 Å². The van der Waals surface area contributed by atoms with Gasteiger partial charge in [-0.05, 0) is 49.6 Å².